The van der Waals surface area contributed by atoms with E-state index in [-0.39, 0.29) is 6.10 Å². The molecule has 2 aliphatic rings. The van der Waals surface area contributed by atoms with Gasteiger partial charge in [0.05, 0.1) is 16.8 Å². The van der Waals surface area contributed by atoms with E-state index in [1.54, 1.807) is 0 Å². The van der Waals surface area contributed by atoms with Gasteiger partial charge in [0.1, 0.15) is 0 Å². The molecule has 118 valence electrons. The minimum atomic E-state index is -0.218. The molecule has 1 atom stereocenters. The smallest absolute Gasteiger partial charge is 0.0959 e. The number of hydrogen-bond donors (Lipinski definition) is 1. The Morgan fingerprint density at radius 3 is 2.57 bits per heavy atom. The minimum Gasteiger partial charge on any atom is -0.392 e. The molecule has 1 aromatic rings. The van der Waals surface area contributed by atoms with Crippen LogP contribution in [0.5, 0.6) is 0 Å². The first-order valence-corrected chi connectivity index (χ1v) is 9.16. The molecule has 1 saturated heterocycles. The molecule has 1 N–H and O–H groups in total. The molecule has 0 radical (unpaired) electrons. The fourth-order valence-corrected chi connectivity index (χ4v) is 4.47. The van der Waals surface area contributed by atoms with E-state index in [2.05, 4.69) is 15.2 Å². The van der Waals surface area contributed by atoms with Crippen LogP contribution in [-0.2, 0) is 6.54 Å². The van der Waals surface area contributed by atoms with E-state index in [0.29, 0.717) is 0 Å². The molecule has 0 bridgehead atoms. The van der Waals surface area contributed by atoms with E-state index in [4.69, 9.17) is 4.98 Å². The number of β-amino-alcohol motifs (C(OH)–C–C–N with tert-alkyl or cyclic N) is 1. The highest BCUT2D eigenvalue weighted by molar-refractivity contribution is 7.09. The second-order valence-corrected chi connectivity index (χ2v) is 7.47. The van der Waals surface area contributed by atoms with E-state index in [0.717, 1.165) is 45.2 Å². The third-order valence-electron chi connectivity index (χ3n) is 4.65. The van der Waals surface area contributed by atoms with Gasteiger partial charge in [-0.2, -0.15) is 0 Å². The molecule has 1 aliphatic carbocycles. The number of aliphatic hydroxyl groups excluding tert-OH is 1. The van der Waals surface area contributed by atoms with E-state index >= 15 is 0 Å². The Labute approximate surface area is 131 Å². The molecule has 0 amide bonds. The van der Waals surface area contributed by atoms with E-state index in [9.17, 15) is 5.11 Å². The molecule has 0 aromatic carbocycles. The number of thiazole rings is 1. The van der Waals surface area contributed by atoms with Gasteiger partial charge >= 0.3 is 0 Å². The summed E-state index contributed by atoms with van der Waals surface area (Å²) in [4.78, 5) is 9.72. The van der Waals surface area contributed by atoms with Gasteiger partial charge in [-0.15, -0.1) is 11.3 Å². The van der Waals surface area contributed by atoms with Crippen LogP contribution in [-0.4, -0.2) is 58.7 Å². The predicted molar refractivity (Wildman–Crippen MR) is 86.7 cm³/mol. The maximum Gasteiger partial charge on any atom is 0.0959 e. The first kappa shape index (κ1) is 15.4. The summed E-state index contributed by atoms with van der Waals surface area (Å²) in [6.07, 6.45) is 5.22. The zero-order valence-electron chi connectivity index (χ0n) is 13.0. The molecule has 1 saturated carbocycles. The summed E-state index contributed by atoms with van der Waals surface area (Å²) >= 11 is 1.86. The molecule has 3 rings (SSSR count). The molecule has 1 unspecified atom stereocenters. The van der Waals surface area contributed by atoms with Gasteiger partial charge in [-0.1, -0.05) is 12.8 Å². The Hall–Kier alpha value is -0.490. The zero-order valence-corrected chi connectivity index (χ0v) is 13.8. The molecule has 1 aliphatic heterocycles. The van der Waals surface area contributed by atoms with Gasteiger partial charge in [0.15, 0.2) is 0 Å². The second-order valence-electron chi connectivity index (χ2n) is 6.58. The lowest BCUT2D eigenvalue weighted by Gasteiger charge is -2.34. The van der Waals surface area contributed by atoms with Gasteiger partial charge in [0, 0.05) is 50.6 Å². The van der Waals surface area contributed by atoms with Crippen molar-refractivity contribution in [2.75, 3.05) is 32.7 Å². The summed E-state index contributed by atoms with van der Waals surface area (Å²) < 4.78 is 0. The van der Waals surface area contributed by atoms with Crippen molar-refractivity contribution in [1.82, 2.24) is 14.8 Å². The lowest BCUT2D eigenvalue weighted by atomic mass is 10.1. The Balaban J connectivity index is 1.47. The van der Waals surface area contributed by atoms with E-state index in [1.807, 2.05) is 18.3 Å². The average molecular weight is 309 g/mol. The first-order chi connectivity index (χ1) is 10.2. The van der Waals surface area contributed by atoms with Crippen molar-refractivity contribution in [2.24, 2.45) is 0 Å². The lowest BCUT2D eigenvalue weighted by Crippen LogP contribution is -2.47. The van der Waals surface area contributed by atoms with Crippen LogP contribution in [0.15, 0.2) is 5.38 Å². The largest absolute Gasteiger partial charge is 0.392 e. The summed E-state index contributed by atoms with van der Waals surface area (Å²) in [7, 11) is 0. The van der Waals surface area contributed by atoms with Crippen LogP contribution in [0.25, 0.3) is 0 Å². The molecule has 1 aromatic heterocycles. The molecule has 5 heteroatoms. The van der Waals surface area contributed by atoms with Gasteiger partial charge in [-0.25, -0.2) is 4.98 Å². The fourth-order valence-electron chi connectivity index (χ4n) is 3.49. The summed E-state index contributed by atoms with van der Waals surface area (Å²) in [6.45, 7) is 7.95. The molecular weight excluding hydrogens is 282 g/mol. The number of hydrogen-bond acceptors (Lipinski definition) is 5. The van der Waals surface area contributed by atoms with Crippen LogP contribution in [0, 0.1) is 0 Å². The maximum atomic E-state index is 9.45. The van der Waals surface area contributed by atoms with Crippen molar-refractivity contribution in [2.45, 2.75) is 51.2 Å². The molecule has 21 heavy (non-hydrogen) atoms. The number of nitrogens with zero attached hydrogens (tertiary/aromatic N) is 3. The third-order valence-corrected chi connectivity index (χ3v) is 5.70. The zero-order chi connectivity index (χ0) is 14.7. The fraction of sp³-hybridized carbons (Fsp3) is 0.812. The molecule has 0 spiro atoms. The standard InChI is InChI=1S/C16H27N3OS/c1-13(20)10-18-6-8-19(9-7-18)11-15-12-21-16(17-15)14-4-2-3-5-14/h12-14,20H,2-11H2,1H3. The monoisotopic (exact) mass is 309 g/mol. The summed E-state index contributed by atoms with van der Waals surface area (Å²) in [5.74, 6) is 0.742. The van der Waals surface area contributed by atoms with Crippen molar-refractivity contribution in [1.29, 1.82) is 0 Å². The average Bonchev–Trinajstić information content (AvgIpc) is 3.11. The topological polar surface area (TPSA) is 39.6 Å². The Bertz CT molecular complexity index is 434. The van der Waals surface area contributed by atoms with Crippen LogP contribution >= 0.6 is 11.3 Å². The minimum absolute atomic E-state index is 0.218. The van der Waals surface area contributed by atoms with E-state index < -0.39 is 0 Å². The lowest BCUT2D eigenvalue weighted by molar-refractivity contribution is 0.0776. The molecule has 2 fully saturated rings. The van der Waals surface area contributed by atoms with Gasteiger partial charge in [-0.05, 0) is 19.8 Å². The summed E-state index contributed by atoms with van der Waals surface area (Å²) in [5.41, 5.74) is 1.26. The van der Waals surface area contributed by atoms with Gasteiger partial charge in [0.2, 0.25) is 0 Å². The van der Waals surface area contributed by atoms with Gasteiger partial charge in [0.25, 0.3) is 0 Å². The quantitative estimate of drug-likeness (QED) is 0.906. The Morgan fingerprint density at radius 1 is 1.24 bits per heavy atom. The molecule has 4 nitrogen and oxygen atoms in total. The van der Waals surface area contributed by atoms with Crippen molar-refractivity contribution >= 4 is 11.3 Å². The third kappa shape index (κ3) is 4.25. The number of aliphatic hydroxyl groups is 1. The Kier molecular flexibility index (Phi) is 5.27. The normalized spacial score (nSPS) is 23.7. The Morgan fingerprint density at radius 2 is 1.90 bits per heavy atom. The van der Waals surface area contributed by atoms with Crippen LogP contribution in [0.3, 0.4) is 0 Å². The van der Waals surface area contributed by atoms with Crippen LogP contribution in [0.4, 0.5) is 0 Å². The van der Waals surface area contributed by atoms with Crippen LogP contribution in [0.1, 0.15) is 49.2 Å². The number of aromatic nitrogens is 1. The van der Waals surface area contributed by atoms with Crippen LogP contribution in [0.2, 0.25) is 0 Å². The van der Waals surface area contributed by atoms with Crippen molar-refractivity contribution < 1.29 is 5.11 Å². The molecular formula is C16H27N3OS. The van der Waals surface area contributed by atoms with Gasteiger partial charge in [-0.3, -0.25) is 9.80 Å². The number of rotatable bonds is 5. The van der Waals surface area contributed by atoms with Gasteiger partial charge < -0.3 is 5.11 Å². The summed E-state index contributed by atoms with van der Waals surface area (Å²) in [5, 5.41) is 13.1. The van der Waals surface area contributed by atoms with Crippen molar-refractivity contribution in [3.05, 3.63) is 16.1 Å². The van der Waals surface area contributed by atoms with Crippen LogP contribution < -0.4 is 0 Å². The maximum absolute atomic E-state index is 9.45. The predicted octanol–water partition coefficient (Wildman–Crippen LogP) is 2.30. The number of piperazine rings is 1. The highest BCUT2D eigenvalue weighted by atomic mass is 32.1. The van der Waals surface area contributed by atoms with E-state index in [1.165, 1.54) is 36.4 Å². The first-order valence-electron chi connectivity index (χ1n) is 8.28. The SMILES string of the molecule is CC(O)CN1CCN(Cc2csc(C3CCCC3)n2)CC1. The highest BCUT2D eigenvalue weighted by Gasteiger charge is 2.22. The second kappa shape index (κ2) is 7.18. The highest BCUT2D eigenvalue weighted by Crippen LogP contribution is 2.35. The van der Waals surface area contributed by atoms with Crippen molar-refractivity contribution in [3.8, 4) is 0 Å². The van der Waals surface area contributed by atoms with Crippen molar-refractivity contribution in [3.63, 3.8) is 0 Å². The summed E-state index contributed by atoms with van der Waals surface area (Å²) in [6, 6.07) is 0. The molecule has 2 heterocycles.